The Morgan fingerprint density at radius 2 is 1.88 bits per heavy atom. The quantitative estimate of drug-likeness (QED) is 0.854. The predicted molar refractivity (Wildman–Crippen MR) is 94.8 cm³/mol. The zero-order valence-corrected chi connectivity index (χ0v) is 15.3. The summed E-state index contributed by atoms with van der Waals surface area (Å²) in [5, 5.41) is 3.37. The number of hydrogen-bond donors (Lipinski definition) is 2. The maximum atomic E-state index is 12.4. The van der Waals surface area contributed by atoms with Crippen molar-refractivity contribution in [3.05, 3.63) is 63.7 Å². The number of amides is 1. The first kappa shape index (κ1) is 18.4. The Balaban J connectivity index is 2.27. The van der Waals surface area contributed by atoms with Crippen LogP contribution >= 0.6 is 11.6 Å². The lowest BCUT2D eigenvalue weighted by molar-refractivity contribution is 0.0950. The van der Waals surface area contributed by atoms with Crippen LogP contribution in [0.1, 0.15) is 27.0 Å². The maximum absolute atomic E-state index is 12.4. The first-order valence-electron chi connectivity index (χ1n) is 7.32. The number of rotatable bonds is 5. The van der Waals surface area contributed by atoms with E-state index in [2.05, 4.69) is 10.0 Å². The monoisotopic (exact) mass is 366 g/mol. The van der Waals surface area contributed by atoms with Gasteiger partial charge >= 0.3 is 0 Å². The van der Waals surface area contributed by atoms with Crippen molar-refractivity contribution < 1.29 is 13.2 Å². The minimum atomic E-state index is -3.63. The van der Waals surface area contributed by atoms with Gasteiger partial charge in [0.25, 0.3) is 5.91 Å². The van der Waals surface area contributed by atoms with E-state index < -0.39 is 10.0 Å². The van der Waals surface area contributed by atoms with Crippen molar-refractivity contribution in [2.45, 2.75) is 25.3 Å². The molecule has 0 spiro atoms. The van der Waals surface area contributed by atoms with Crippen molar-refractivity contribution in [1.82, 2.24) is 10.0 Å². The molecule has 0 aliphatic rings. The van der Waals surface area contributed by atoms with Crippen molar-refractivity contribution in [1.29, 1.82) is 0 Å². The molecular weight excluding hydrogens is 348 g/mol. The summed E-state index contributed by atoms with van der Waals surface area (Å²) in [6, 6.07) is 10.2. The summed E-state index contributed by atoms with van der Waals surface area (Å²) in [4.78, 5) is 12.5. The van der Waals surface area contributed by atoms with Gasteiger partial charge < -0.3 is 5.32 Å². The van der Waals surface area contributed by atoms with Gasteiger partial charge in [-0.3, -0.25) is 4.79 Å². The highest BCUT2D eigenvalue weighted by atomic mass is 35.5. The molecule has 5 nitrogen and oxygen atoms in total. The molecule has 128 valence electrons. The molecule has 2 N–H and O–H groups in total. The minimum absolute atomic E-state index is 0.109. The molecule has 0 radical (unpaired) electrons. The number of hydrogen-bond acceptors (Lipinski definition) is 3. The molecule has 0 aliphatic carbocycles. The van der Waals surface area contributed by atoms with Gasteiger partial charge in [-0.15, -0.1) is 0 Å². The molecule has 2 aromatic carbocycles. The van der Waals surface area contributed by atoms with Crippen LogP contribution in [0.2, 0.25) is 5.02 Å². The summed E-state index contributed by atoms with van der Waals surface area (Å²) in [6.07, 6.45) is 0. The lowest BCUT2D eigenvalue weighted by Crippen LogP contribution is -2.25. The third-order valence-electron chi connectivity index (χ3n) is 3.78. The van der Waals surface area contributed by atoms with E-state index in [1.165, 1.54) is 13.1 Å². The largest absolute Gasteiger partial charge is 0.348 e. The van der Waals surface area contributed by atoms with E-state index in [1.54, 1.807) is 38.1 Å². The van der Waals surface area contributed by atoms with Crippen LogP contribution in [0, 0.1) is 13.8 Å². The second kappa shape index (κ2) is 7.34. The van der Waals surface area contributed by atoms with E-state index in [9.17, 15) is 13.2 Å². The maximum Gasteiger partial charge on any atom is 0.251 e. The summed E-state index contributed by atoms with van der Waals surface area (Å²) in [5.74, 6) is -0.342. The fourth-order valence-electron chi connectivity index (χ4n) is 2.28. The van der Waals surface area contributed by atoms with E-state index in [4.69, 9.17) is 11.6 Å². The zero-order chi connectivity index (χ0) is 17.9. The van der Waals surface area contributed by atoms with Crippen molar-refractivity contribution in [2.75, 3.05) is 7.05 Å². The van der Waals surface area contributed by atoms with Crippen LogP contribution in [-0.4, -0.2) is 21.4 Å². The first-order chi connectivity index (χ1) is 11.2. The highest BCUT2D eigenvalue weighted by Crippen LogP contribution is 2.21. The van der Waals surface area contributed by atoms with Crippen LogP contribution in [0.4, 0.5) is 0 Å². The fraction of sp³-hybridized carbons (Fsp3) is 0.235. The van der Waals surface area contributed by atoms with E-state index >= 15 is 0 Å². The van der Waals surface area contributed by atoms with Gasteiger partial charge in [0, 0.05) is 17.1 Å². The summed E-state index contributed by atoms with van der Waals surface area (Å²) in [6.45, 7) is 3.80. The van der Waals surface area contributed by atoms with E-state index in [-0.39, 0.29) is 10.8 Å². The normalized spacial score (nSPS) is 11.3. The van der Waals surface area contributed by atoms with Crippen molar-refractivity contribution in [3.8, 4) is 0 Å². The van der Waals surface area contributed by atoms with Crippen LogP contribution in [0.25, 0.3) is 0 Å². The van der Waals surface area contributed by atoms with E-state index in [0.29, 0.717) is 22.7 Å². The number of sulfonamides is 1. The van der Waals surface area contributed by atoms with Gasteiger partial charge in [0.15, 0.2) is 0 Å². The Hall–Kier alpha value is -1.89. The zero-order valence-electron chi connectivity index (χ0n) is 13.7. The number of nitrogens with one attached hydrogen (secondary N) is 2. The molecule has 0 fully saturated rings. The van der Waals surface area contributed by atoms with Gasteiger partial charge in [-0.25, -0.2) is 13.1 Å². The third-order valence-corrected chi connectivity index (χ3v) is 5.56. The molecular formula is C17H19ClN2O3S. The summed E-state index contributed by atoms with van der Waals surface area (Å²) in [5.41, 5.74) is 2.52. The molecule has 7 heteroatoms. The average Bonchev–Trinajstić information content (AvgIpc) is 2.54. The lowest BCUT2D eigenvalue weighted by Gasteiger charge is -2.12. The Bertz CT molecular complexity index is 879. The SMILES string of the molecule is CNS(=O)(=O)c1cc(C(=O)NCc2cccc(Cl)c2)cc(C)c1C. The number of benzene rings is 2. The highest BCUT2D eigenvalue weighted by Gasteiger charge is 2.19. The second-order valence-corrected chi connectivity index (χ2v) is 7.73. The average molecular weight is 367 g/mol. The van der Waals surface area contributed by atoms with Gasteiger partial charge in [0.2, 0.25) is 10.0 Å². The fourth-order valence-corrected chi connectivity index (χ4v) is 3.56. The summed E-state index contributed by atoms with van der Waals surface area (Å²) >= 11 is 5.92. The van der Waals surface area contributed by atoms with E-state index in [0.717, 1.165) is 11.1 Å². The summed E-state index contributed by atoms with van der Waals surface area (Å²) < 4.78 is 26.5. The number of carbonyl (C=O) groups excluding carboxylic acids is 1. The van der Waals surface area contributed by atoms with Crippen molar-refractivity contribution in [3.63, 3.8) is 0 Å². The van der Waals surface area contributed by atoms with Crippen molar-refractivity contribution >= 4 is 27.5 Å². The molecule has 0 bridgehead atoms. The Labute approximate surface area is 147 Å². The Morgan fingerprint density at radius 3 is 2.50 bits per heavy atom. The highest BCUT2D eigenvalue weighted by molar-refractivity contribution is 7.89. The second-order valence-electron chi connectivity index (χ2n) is 5.44. The molecule has 0 atom stereocenters. The van der Waals surface area contributed by atoms with Gasteiger partial charge in [0.05, 0.1) is 4.90 Å². The lowest BCUT2D eigenvalue weighted by atomic mass is 10.1. The first-order valence-corrected chi connectivity index (χ1v) is 9.18. The van der Waals surface area contributed by atoms with Crippen LogP contribution in [0.15, 0.2) is 41.3 Å². The number of carbonyl (C=O) groups is 1. The van der Waals surface area contributed by atoms with Gasteiger partial charge in [-0.05, 0) is 61.9 Å². The standard InChI is InChI=1S/C17H19ClN2O3S/c1-11-7-14(9-16(12(11)2)24(22,23)19-3)17(21)20-10-13-5-4-6-15(18)8-13/h4-9,19H,10H2,1-3H3,(H,20,21). The molecule has 24 heavy (non-hydrogen) atoms. The third kappa shape index (κ3) is 4.14. The van der Waals surface area contributed by atoms with E-state index in [1.807, 2.05) is 6.07 Å². The number of aryl methyl sites for hydroxylation is 1. The smallest absolute Gasteiger partial charge is 0.251 e. The topological polar surface area (TPSA) is 75.3 Å². The minimum Gasteiger partial charge on any atom is -0.348 e. The van der Waals surface area contributed by atoms with Crippen LogP contribution in [0.5, 0.6) is 0 Å². The summed E-state index contributed by atoms with van der Waals surface area (Å²) in [7, 11) is -2.28. The Kier molecular flexibility index (Phi) is 5.64. The molecule has 0 unspecified atom stereocenters. The van der Waals surface area contributed by atoms with Crippen LogP contribution in [0.3, 0.4) is 0 Å². The predicted octanol–water partition coefficient (Wildman–Crippen LogP) is 2.79. The van der Waals surface area contributed by atoms with Crippen LogP contribution < -0.4 is 10.0 Å². The van der Waals surface area contributed by atoms with Crippen LogP contribution in [-0.2, 0) is 16.6 Å². The van der Waals surface area contributed by atoms with Crippen molar-refractivity contribution in [2.24, 2.45) is 0 Å². The van der Waals surface area contributed by atoms with Gasteiger partial charge in [-0.1, -0.05) is 23.7 Å². The molecule has 2 rings (SSSR count). The molecule has 0 aliphatic heterocycles. The molecule has 0 saturated heterocycles. The molecule has 2 aromatic rings. The van der Waals surface area contributed by atoms with Gasteiger partial charge in [0.1, 0.15) is 0 Å². The Morgan fingerprint density at radius 1 is 1.17 bits per heavy atom. The molecule has 0 saturated carbocycles. The van der Waals surface area contributed by atoms with Gasteiger partial charge in [-0.2, -0.15) is 0 Å². The molecule has 0 aromatic heterocycles. The molecule has 0 heterocycles. The molecule has 1 amide bonds. The number of halogens is 1.